The van der Waals surface area contributed by atoms with Gasteiger partial charge in [-0.2, -0.15) is 0 Å². The summed E-state index contributed by atoms with van der Waals surface area (Å²) >= 11 is 0. The van der Waals surface area contributed by atoms with Crippen LogP contribution in [-0.4, -0.2) is 40.2 Å². The van der Waals surface area contributed by atoms with Gasteiger partial charge in [-0.3, -0.25) is 9.59 Å². The fourth-order valence-corrected chi connectivity index (χ4v) is 1.84. The van der Waals surface area contributed by atoms with E-state index in [0.29, 0.717) is 5.56 Å². The van der Waals surface area contributed by atoms with Crippen molar-refractivity contribution in [2.45, 2.75) is 32.4 Å². The highest BCUT2D eigenvalue weighted by Gasteiger charge is 2.27. The third-order valence-electron chi connectivity index (χ3n) is 2.69. The Balaban J connectivity index is 3.00. The molecule has 0 fully saturated rings. The van der Waals surface area contributed by atoms with Crippen molar-refractivity contribution in [3.8, 4) is 5.75 Å². The molecule has 0 heterocycles. The van der Waals surface area contributed by atoms with E-state index in [1.165, 1.54) is 13.8 Å². The van der Waals surface area contributed by atoms with Crippen molar-refractivity contribution in [1.82, 2.24) is 5.32 Å². The van der Waals surface area contributed by atoms with Crippen LogP contribution >= 0.6 is 0 Å². The third-order valence-corrected chi connectivity index (χ3v) is 2.69. The summed E-state index contributed by atoms with van der Waals surface area (Å²) in [7, 11) is 0. The number of amides is 1. The van der Waals surface area contributed by atoms with Crippen LogP contribution in [0, 0.1) is 0 Å². The molecule has 0 radical (unpaired) electrons. The molecule has 2 unspecified atom stereocenters. The summed E-state index contributed by atoms with van der Waals surface area (Å²) in [5.74, 6) is -2.17. The van der Waals surface area contributed by atoms with Crippen molar-refractivity contribution in [2.24, 2.45) is 0 Å². The molecule has 0 spiro atoms. The lowest BCUT2D eigenvalue weighted by Crippen LogP contribution is -2.47. The van der Waals surface area contributed by atoms with E-state index in [9.17, 15) is 19.5 Å². The molecule has 3 N–H and O–H groups in total. The summed E-state index contributed by atoms with van der Waals surface area (Å²) in [6, 6.07) is 5.48. The van der Waals surface area contributed by atoms with Gasteiger partial charge in [-0.1, -0.05) is 18.2 Å². The Bertz CT molecular complexity index is 542. The highest BCUT2D eigenvalue weighted by atomic mass is 16.5. The van der Waals surface area contributed by atoms with E-state index in [-0.39, 0.29) is 12.2 Å². The Morgan fingerprint density at radius 1 is 1.24 bits per heavy atom. The van der Waals surface area contributed by atoms with Crippen LogP contribution in [0.15, 0.2) is 24.3 Å². The number of ether oxygens (including phenoxy) is 1. The van der Waals surface area contributed by atoms with Crippen molar-refractivity contribution in [1.29, 1.82) is 0 Å². The highest BCUT2D eigenvalue weighted by Crippen LogP contribution is 2.20. The van der Waals surface area contributed by atoms with E-state index >= 15 is 0 Å². The maximum atomic E-state index is 11.1. The van der Waals surface area contributed by atoms with Crippen LogP contribution in [0.5, 0.6) is 5.75 Å². The molecule has 1 aromatic carbocycles. The van der Waals surface area contributed by atoms with E-state index in [0.717, 1.165) is 0 Å². The van der Waals surface area contributed by atoms with Gasteiger partial charge < -0.3 is 20.3 Å². The van der Waals surface area contributed by atoms with E-state index in [1.54, 1.807) is 24.3 Å². The third kappa shape index (κ3) is 5.23. The van der Waals surface area contributed by atoms with Crippen LogP contribution in [0.25, 0.3) is 0 Å². The minimum absolute atomic E-state index is 0.0104. The summed E-state index contributed by atoms with van der Waals surface area (Å²) < 4.78 is 5.01. The van der Waals surface area contributed by atoms with Gasteiger partial charge in [-0.05, 0) is 18.1 Å². The van der Waals surface area contributed by atoms with Crippen LogP contribution in [0.4, 0.5) is 0 Å². The molecule has 0 bridgehead atoms. The molecular formula is C14H17NO6. The van der Waals surface area contributed by atoms with Gasteiger partial charge in [0, 0.05) is 13.8 Å². The normalized spacial score (nSPS) is 13.1. The number of carbonyl (C=O) groups is 3. The molecule has 2 atom stereocenters. The van der Waals surface area contributed by atoms with Gasteiger partial charge in [-0.25, -0.2) is 4.79 Å². The highest BCUT2D eigenvalue weighted by molar-refractivity contribution is 5.77. The summed E-state index contributed by atoms with van der Waals surface area (Å²) in [6.45, 7) is 2.47. The molecule has 0 saturated carbocycles. The Labute approximate surface area is 121 Å². The van der Waals surface area contributed by atoms with Crippen LogP contribution in [0.3, 0.4) is 0 Å². The molecule has 0 saturated heterocycles. The minimum Gasteiger partial charge on any atom is -0.479 e. The fourth-order valence-electron chi connectivity index (χ4n) is 1.84. The first-order valence-corrected chi connectivity index (χ1v) is 6.25. The standard InChI is InChI=1S/C14H17NO6/c1-8(16)15-11(13(18)14(19)20)7-10-5-3-4-6-12(10)21-9(2)17/h3-6,11,13,18H,7H2,1-2H3,(H,15,16)(H,19,20). The molecule has 1 aromatic rings. The Hall–Kier alpha value is -2.41. The lowest BCUT2D eigenvalue weighted by Gasteiger charge is -2.21. The summed E-state index contributed by atoms with van der Waals surface area (Å²) in [4.78, 5) is 33.1. The van der Waals surface area contributed by atoms with Crippen LogP contribution in [-0.2, 0) is 20.8 Å². The molecule has 7 nitrogen and oxygen atoms in total. The first-order chi connectivity index (χ1) is 9.81. The number of rotatable bonds is 6. The van der Waals surface area contributed by atoms with Gasteiger partial charge in [-0.15, -0.1) is 0 Å². The van der Waals surface area contributed by atoms with E-state index in [4.69, 9.17) is 9.84 Å². The first-order valence-electron chi connectivity index (χ1n) is 6.25. The van der Waals surface area contributed by atoms with E-state index < -0.39 is 30.0 Å². The smallest absolute Gasteiger partial charge is 0.334 e. The van der Waals surface area contributed by atoms with Crippen LogP contribution in [0.1, 0.15) is 19.4 Å². The largest absolute Gasteiger partial charge is 0.479 e. The number of nitrogens with one attached hydrogen (secondary N) is 1. The quantitative estimate of drug-likeness (QED) is 0.507. The topological polar surface area (TPSA) is 113 Å². The van der Waals surface area contributed by atoms with E-state index in [2.05, 4.69) is 5.32 Å². The average molecular weight is 295 g/mol. The lowest BCUT2D eigenvalue weighted by molar-refractivity contribution is -0.148. The second-order valence-electron chi connectivity index (χ2n) is 4.50. The number of carboxylic acids is 1. The van der Waals surface area contributed by atoms with Crippen molar-refractivity contribution < 1.29 is 29.3 Å². The predicted molar refractivity (Wildman–Crippen MR) is 72.7 cm³/mol. The number of benzene rings is 1. The number of aliphatic hydroxyl groups excluding tert-OH is 1. The number of carboxylic acid groups (broad SMARTS) is 1. The summed E-state index contributed by atoms with van der Waals surface area (Å²) in [6.07, 6.45) is -1.75. The van der Waals surface area contributed by atoms with Crippen molar-refractivity contribution >= 4 is 17.8 Å². The predicted octanol–water partition coefficient (Wildman–Crippen LogP) is 0.105. The van der Waals surface area contributed by atoms with E-state index in [1.807, 2.05) is 0 Å². The molecule has 1 rings (SSSR count). The molecule has 7 heteroatoms. The maximum absolute atomic E-state index is 11.1. The molecule has 114 valence electrons. The Morgan fingerprint density at radius 2 is 1.86 bits per heavy atom. The zero-order valence-electron chi connectivity index (χ0n) is 11.7. The van der Waals surface area contributed by atoms with Crippen molar-refractivity contribution in [3.05, 3.63) is 29.8 Å². The van der Waals surface area contributed by atoms with Gasteiger partial charge in [0.15, 0.2) is 6.10 Å². The lowest BCUT2D eigenvalue weighted by atomic mass is 10.0. The molecule has 0 aliphatic carbocycles. The van der Waals surface area contributed by atoms with Crippen LogP contribution in [0.2, 0.25) is 0 Å². The maximum Gasteiger partial charge on any atom is 0.334 e. The van der Waals surface area contributed by atoms with Gasteiger partial charge in [0.25, 0.3) is 0 Å². The second-order valence-corrected chi connectivity index (χ2v) is 4.50. The zero-order valence-corrected chi connectivity index (χ0v) is 11.7. The van der Waals surface area contributed by atoms with Crippen molar-refractivity contribution in [3.63, 3.8) is 0 Å². The number of aliphatic hydroxyl groups is 1. The average Bonchev–Trinajstić information content (AvgIpc) is 2.38. The molecule has 1 amide bonds. The number of para-hydroxylation sites is 1. The number of aliphatic carboxylic acids is 1. The SMILES string of the molecule is CC(=O)NC(Cc1ccccc1OC(C)=O)C(O)C(=O)O. The second kappa shape index (κ2) is 7.39. The van der Waals surface area contributed by atoms with Gasteiger partial charge in [0.1, 0.15) is 5.75 Å². The minimum atomic E-state index is -1.76. The van der Waals surface area contributed by atoms with Gasteiger partial charge in [0.05, 0.1) is 6.04 Å². The Morgan fingerprint density at radius 3 is 2.38 bits per heavy atom. The molecule has 0 aliphatic rings. The zero-order chi connectivity index (χ0) is 16.0. The number of carbonyl (C=O) groups excluding carboxylic acids is 2. The Kier molecular flexibility index (Phi) is 5.86. The molecule has 0 aliphatic heterocycles. The van der Waals surface area contributed by atoms with Crippen LogP contribution < -0.4 is 10.1 Å². The summed E-state index contributed by atoms with van der Waals surface area (Å²) in [5.41, 5.74) is 0.506. The van der Waals surface area contributed by atoms with Gasteiger partial charge >= 0.3 is 11.9 Å². The van der Waals surface area contributed by atoms with Gasteiger partial charge in [0.2, 0.25) is 5.91 Å². The molecule has 21 heavy (non-hydrogen) atoms. The molecule has 0 aromatic heterocycles. The summed E-state index contributed by atoms with van der Waals surface area (Å²) in [5, 5.41) is 20.9. The van der Waals surface area contributed by atoms with Crippen molar-refractivity contribution in [2.75, 3.05) is 0 Å². The number of esters is 1. The monoisotopic (exact) mass is 295 g/mol. The molecular weight excluding hydrogens is 278 g/mol. The fraction of sp³-hybridized carbons (Fsp3) is 0.357. The number of hydrogen-bond acceptors (Lipinski definition) is 5. The first kappa shape index (κ1) is 16.6. The number of hydrogen-bond donors (Lipinski definition) is 3.